The molecule has 0 saturated carbocycles. The van der Waals surface area contributed by atoms with Crippen LogP contribution in [0.1, 0.15) is 13.3 Å². The minimum Gasteiger partial charge on any atom is -0.390 e. The highest BCUT2D eigenvalue weighted by Gasteiger charge is 2.53. The molecule has 0 aromatic heterocycles. The molecule has 0 radical (unpaired) electrons. The molecule has 1 heterocycles. The fraction of sp³-hybridized carbons (Fsp3) is 0.833. The first-order chi connectivity index (χ1) is 10.2. The highest BCUT2D eigenvalue weighted by molar-refractivity contribution is 8.14. The van der Waals surface area contributed by atoms with Gasteiger partial charge >= 0.3 is 11.3 Å². The first-order valence-electron chi connectivity index (χ1n) is 6.62. The number of halogens is 3. The second kappa shape index (κ2) is 8.19. The lowest BCUT2D eigenvalue weighted by Crippen LogP contribution is -2.57. The number of alkyl halides is 3. The summed E-state index contributed by atoms with van der Waals surface area (Å²) in [6.07, 6.45) is -11.8. The standard InChI is InChI=1S/C12H19F3N2O4S/c1-4-20-10(12(13,14)15)9-8(19)6(18)5-7(21-9)22-11(16-2)17-3/h6-10,18-19H,2,4-5H2,1,3H3/p+1/t6-,7-,8+,9+,10?/m1/s1. The molecule has 3 N–H and O–H groups in total. The van der Waals surface area contributed by atoms with E-state index in [9.17, 15) is 23.4 Å². The highest BCUT2D eigenvalue weighted by atomic mass is 32.2. The average Bonchev–Trinajstić information content (AvgIpc) is 2.44. The van der Waals surface area contributed by atoms with Crippen molar-refractivity contribution in [2.75, 3.05) is 13.7 Å². The van der Waals surface area contributed by atoms with E-state index in [2.05, 4.69) is 21.4 Å². The van der Waals surface area contributed by atoms with Crippen LogP contribution < -0.4 is 9.98 Å². The van der Waals surface area contributed by atoms with Crippen molar-refractivity contribution in [2.24, 2.45) is 0 Å². The Bertz CT molecular complexity index is 418. The topological polar surface area (TPSA) is 85.1 Å². The molecule has 1 fully saturated rings. The Balaban J connectivity index is 2.93. The van der Waals surface area contributed by atoms with Crippen molar-refractivity contribution in [3.8, 4) is 0 Å². The van der Waals surface area contributed by atoms with E-state index in [4.69, 9.17) is 4.74 Å². The summed E-state index contributed by atoms with van der Waals surface area (Å²) in [5.74, 6) is 0. The fourth-order valence-electron chi connectivity index (χ4n) is 2.05. The third-order valence-electron chi connectivity index (χ3n) is 3.04. The van der Waals surface area contributed by atoms with Crippen LogP contribution in [0, 0.1) is 0 Å². The van der Waals surface area contributed by atoms with Gasteiger partial charge in [0.2, 0.25) is 0 Å². The second-order valence-electron chi connectivity index (χ2n) is 4.57. The summed E-state index contributed by atoms with van der Waals surface area (Å²) in [4.78, 5) is 0. The molecule has 5 atom stereocenters. The average molecular weight is 345 g/mol. The molecule has 0 spiro atoms. The molecule has 1 saturated heterocycles. The quantitative estimate of drug-likeness (QED) is 0.374. The number of hydrogen-bond acceptors (Lipinski definition) is 5. The minimum absolute atomic E-state index is 0.0419. The normalized spacial score (nSPS) is 30.5. The van der Waals surface area contributed by atoms with Gasteiger partial charge in [0, 0.05) is 24.8 Å². The number of hydrogen-bond donors (Lipinski definition) is 3. The summed E-state index contributed by atoms with van der Waals surface area (Å²) in [6.45, 7) is 4.52. The SMILES string of the molecule is C=[N+]=C(NC)S[C@@H]1C[C@@H](O)[C@H](O)[C@@H](C(OCC)C(F)(F)F)O1. The predicted octanol–water partition coefficient (Wildman–Crippen LogP) is -0.133. The van der Waals surface area contributed by atoms with Crippen LogP contribution in [0.5, 0.6) is 0 Å². The number of rotatable bonds is 4. The largest absolute Gasteiger partial charge is 0.417 e. The van der Waals surface area contributed by atoms with Gasteiger partial charge in [-0.05, 0) is 6.92 Å². The molecule has 1 aliphatic heterocycles. The van der Waals surface area contributed by atoms with E-state index in [0.717, 1.165) is 11.8 Å². The van der Waals surface area contributed by atoms with E-state index in [0.29, 0.717) is 5.17 Å². The monoisotopic (exact) mass is 345 g/mol. The van der Waals surface area contributed by atoms with Crippen LogP contribution in [0.2, 0.25) is 0 Å². The molecule has 0 aromatic carbocycles. The Morgan fingerprint density at radius 3 is 2.64 bits per heavy atom. The lowest BCUT2D eigenvalue weighted by atomic mass is 9.97. The lowest BCUT2D eigenvalue weighted by Gasteiger charge is -2.40. The fourth-order valence-corrected chi connectivity index (χ4v) is 2.97. The maximum atomic E-state index is 13.1. The van der Waals surface area contributed by atoms with E-state index in [1.165, 1.54) is 6.92 Å². The van der Waals surface area contributed by atoms with E-state index in [-0.39, 0.29) is 13.0 Å². The third-order valence-corrected chi connectivity index (χ3v) is 4.16. The third kappa shape index (κ3) is 4.87. The van der Waals surface area contributed by atoms with Gasteiger partial charge in [0.1, 0.15) is 17.6 Å². The molecule has 1 aliphatic rings. The number of aliphatic hydroxyl groups is 2. The zero-order valence-corrected chi connectivity index (χ0v) is 13.0. The van der Waals surface area contributed by atoms with Crippen molar-refractivity contribution < 1.29 is 32.9 Å². The molecule has 6 nitrogen and oxygen atoms in total. The minimum atomic E-state index is -4.72. The molecule has 22 heavy (non-hydrogen) atoms. The van der Waals surface area contributed by atoms with Crippen LogP contribution >= 0.6 is 11.8 Å². The van der Waals surface area contributed by atoms with Gasteiger partial charge in [-0.2, -0.15) is 13.2 Å². The van der Waals surface area contributed by atoms with Crippen LogP contribution in [-0.2, 0) is 9.47 Å². The lowest BCUT2D eigenvalue weighted by molar-refractivity contribution is -0.281. The Morgan fingerprint density at radius 2 is 2.18 bits per heavy atom. The first kappa shape index (κ1) is 19.3. The molecule has 0 aromatic rings. The van der Waals surface area contributed by atoms with Crippen molar-refractivity contribution in [3.63, 3.8) is 0 Å². The smallest absolute Gasteiger partial charge is 0.390 e. The van der Waals surface area contributed by atoms with Crippen LogP contribution in [0.4, 0.5) is 13.2 Å². The van der Waals surface area contributed by atoms with Crippen molar-refractivity contribution in [2.45, 2.75) is 49.4 Å². The number of aliphatic hydroxyl groups excluding tert-OH is 2. The molecule has 0 amide bonds. The number of ether oxygens (including phenoxy) is 2. The Labute approximate surface area is 130 Å². The number of amidine groups is 1. The molecular weight excluding hydrogens is 325 g/mol. The molecule has 1 rings (SSSR count). The predicted molar refractivity (Wildman–Crippen MR) is 77.7 cm³/mol. The zero-order valence-electron chi connectivity index (χ0n) is 12.2. The number of thioether (sulfide) groups is 1. The Morgan fingerprint density at radius 1 is 1.55 bits per heavy atom. The van der Waals surface area contributed by atoms with Crippen molar-refractivity contribution in [1.29, 1.82) is 0 Å². The van der Waals surface area contributed by atoms with Crippen LogP contribution in [0.3, 0.4) is 0 Å². The Kier molecular flexibility index (Phi) is 7.17. The summed E-state index contributed by atoms with van der Waals surface area (Å²) in [5.41, 5.74) is -0.818. The molecule has 10 heteroatoms. The van der Waals surface area contributed by atoms with Gasteiger partial charge in [-0.3, -0.25) is 5.32 Å². The van der Waals surface area contributed by atoms with E-state index in [1.54, 1.807) is 7.05 Å². The van der Waals surface area contributed by atoms with Gasteiger partial charge in [-0.25, -0.2) is 4.67 Å². The zero-order chi connectivity index (χ0) is 16.9. The summed E-state index contributed by atoms with van der Waals surface area (Å²) in [6, 6.07) is 0. The summed E-state index contributed by atoms with van der Waals surface area (Å²) >= 11 is 0.981. The number of nitrogens with zero attached hydrogens (tertiary/aromatic N) is 1. The first-order valence-corrected chi connectivity index (χ1v) is 7.50. The second-order valence-corrected chi connectivity index (χ2v) is 5.72. The van der Waals surface area contributed by atoms with Crippen LogP contribution in [0.25, 0.3) is 0 Å². The van der Waals surface area contributed by atoms with Gasteiger partial charge in [-0.1, -0.05) is 0 Å². The van der Waals surface area contributed by atoms with Gasteiger partial charge in [0.05, 0.1) is 13.2 Å². The molecular formula is C12H20F3N2O4S+. The summed E-state index contributed by atoms with van der Waals surface area (Å²) in [5, 5.41) is 22.7. The number of nitrogens with one attached hydrogen (secondary N) is 1. The highest BCUT2D eigenvalue weighted by Crippen LogP contribution is 2.35. The summed E-state index contributed by atoms with van der Waals surface area (Å²) < 4.78 is 52.8. The van der Waals surface area contributed by atoms with Crippen molar-refractivity contribution in [1.82, 2.24) is 9.98 Å². The maximum absolute atomic E-state index is 13.1. The maximum Gasteiger partial charge on any atom is 0.417 e. The molecule has 0 bridgehead atoms. The van der Waals surface area contributed by atoms with E-state index in [1.807, 2.05) is 0 Å². The molecule has 1 unspecified atom stereocenters. The van der Waals surface area contributed by atoms with Gasteiger partial charge in [0.25, 0.3) is 0 Å². The summed E-state index contributed by atoms with van der Waals surface area (Å²) in [7, 11) is 1.57. The van der Waals surface area contributed by atoms with E-state index >= 15 is 0 Å². The van der Waals surface area contributed by atoms with Gasteiger partial charge in [-0.15, -0.1) is 0 Å². The van der Waals surface area contributed by atoms with E-state index < -0.39 is 36.0 Å². The van der Waals surface area contributed by atoms with Gasteiger partial charge in [0.15, 0.2) is 12.8 Å². The van der Waals surface area contributed by atoms with Crippen molar-refractivity contribution in [3.05, 3.63) is 0 Å². The van der Waals surface area contributed by atoms with Gasteiger partial charge < -0.3 is 19.7 Å². The molecule has 0 aliphatic carbocycles. The molecule has 128 valence electrons. The van der Waals surface area contributed by atoms with Crippen LogP contribution in [0.15, 0.2) is 0 Å². The van der Waals surface area contributed by atoms with Crippen molar-refractivity contribution >= 4 is 23.6 Å². The Hall–Kier alpha value is -0.770. The van der Waals surface area contributed by atoms with Crippen LogP contribution in [-0.4, -0.2) is 71.8 Å².